The number of aryl methyl sites for hydroxylation is 1. The highest BCUT2D eigenvalue weighted by atomic mass is 79.9. The minimum Gasteiger partial charge on any atom is -0.493 e. The quantitative estimate of drug-likeness (QED) is 0.430. The molecule has 0 unspecified atom stereocenters. The third kappa shape index (κ3) is 6.70. The van der Waals surface area contributed by atoms with Gasteiger partial charge < -0.3 is 24.8 Å². The second kappa shape index (κ2) is 11.5. The Balaban J connectivity index is 0.000000325. The van der Waals surface area contributed by atoms with Gasteiger partial charge in [0.05, 0.1) is 19.8 Å². The molecule has 0 aliphatic heterocycles. The summed E-state index contributed by atoms with van der Waals surface area (Å²) in [4.78, 5) is 32.2. The van der Waals surface area contributed by atoms with Gasteiger partial charge >= 0.3 is 17.9 Å². The fourth-order valence-corrected chi connectivity index (χ4v) is 3.00. The largest absolute Gasteiger partial charge is 0.493 e. The molecule has 0 saturated carbocycles. The lowest BCUT2D eigenvalue weighted by Crippen LogP contribution is -2.08. The number of carboxylic acid groups (broad SMARTS) is 3. The van der Waals surface area contributed by atoms with Gasteiger partial charge in [0.2, 0.25) is 0 Å². The monoisotopic (exact) mass is 550 g/mol. The van der Waals surface area contributed by atoms with Gasteiger partial charge in [0.15, 0.2) is 11.5 Å². The Labute approximate surface area is 187 Å². The number of carbonyl (C=O) groups is 3. The van der Waals surface area contributed by atoms with Crippen LogP contribution in [0.1, 0.15) is 32.7 Å². The van der Waals surface area contributed by atoms with Gasteiger partial charge in [-0.1, -0.05) is 6.07 Å². The first-order valence-corrected chi connectivity index (χ1v) is 9.68. The highest BCUT2D eigenvalue weighted by Gasteiger charge is 2.21. The molecule has 0 saturated heterocycles. The predicted octanol–water partition coefficient (Wildman–Crippen LogP) is 4.47. The van der Waals surface area contributed by atoms with Crippen molar-refractivity contribution in [3.05, 3.63) is 55.7 Å². The minimum absolute atomic E-state index is 0.0573. The van der Waals surface area contributed by atoms with Gasteiger partial charge in [-0.25, -0.2) is 14.0 Å². The highest BCUT2D eigenvalue weighted by Crippen LogP contribution is 2.34. The number of hydrogen-bond donors (Lipinski definition) is 3. The number of methoxy groups -OCH3 is 2. The Morgan fingerprint density at radius 2 is 1.57 bits per heavy atom. The smallest absolute Gasteiger partial charge is 0.339 e. The van der Waals surface area contributed by atoms with Gasteiger partial charge in [0, 0.05) is 15.4 Å². The highest BCUT2D eigenvalue weighted by molar-refractivity contribution is 9.13. The molecule has 11 heteroatoms. The maximum absolute atomic E-state index is 12.8. The van der Waals surface area contributed by atoms with Crippen LogP contribution in [-0.4, -0.2) is 47.4 Å². The zero-order valence-electron chi connectivity index (χ0n) is 15.7. The van der Waals surface area contributed by atoms with Crippen molar-refractivity contribution in [1.29, 1.82) is 0 Å². The summed E-state index contributed by atoms with van der Waals surface area (Å²) in [5.74, 6) is -3.78. The third-order valence-electron chi connectivity index (χ3n) is 3.69. The van der Waals surface area contributed by atoms with E-state index >= 15 is 0 Å². The molecule has 0 fully saturated rings. The van der Waals surface area contributed by atoms with Crippen molar-refractivity contribution in [1.82, 2.24) is 0 Å². The van der Waals surface area contributed by atoms with E-state index in [1.807, 2.05) is 0 Å². The first kappa shape index (κ1) is 25.4. The molecule has 30 heavy (non-hydrogen) atoms. The molecule has 0 aliphatic carbocycles. The van der Waals surface area contributed by atoms with Crippen LogP contribution >= 0.6 is 31.9 Å². The molecule has 0 aromatic heterocycles. The first-order valence-electron chi connectivity index (χ1n) is 8.10. The van der Waals surface area contributed by atoms with Crippen molar-refractivity contribution in [2.75, 3.05) is 14.2 Å². The van der Waals surface area contributed by atoms with Crippen LogP contribution in [0.4, 0.5) is 4.39 Å². The summed E-state index contributed by atoms with van der Waals surface area (Å²) in [5.41, 5.74) is 0.00530. The molecule has 162 valence electrons. The number of ether oxygens (including phenoxy) is 2. The van der Waals surface area contributed by atoms with Gasteiger partial charge in [-0.15, -0.1) is 0 Å². The second-order valence-corrected chi connectivity index (χ2v) is 7.29. The minimum atomic E-state index is -1.28. The lowest BCUT2D eigenvalue weighted by molar-refractivity contribution is -0.136. The van der Waals surface area contributed by atoms with Crippen LogP contribution in [0.2, 0.25) is 0 Å². The Morgan fingerprint density at radius 3 is 2.03 bits per heavy atom. The SMILES string of the molecule is COc1ccc(CCC(=O)O)c(C(=O)O)c1OC.O=C(O)c1cc(Br)c(Br)cc1F. The summed E-state index contributed by atoms with van der Waals surface area (Å²) >= 11 is 6.12. The summed E-state index contributed by atoms with van der Waals surface area (Å²) in [6, 6.07) is 5.41. The Hall–Kier alpha value is -2.66. The predicted molar refractivity (Wildman–Crippen MR) is 111 cm³/mol. The van der Waals surface area contributed by atoms with Crippen LogP contribution in [0.25, 0.3) is 0 Å². The van der Waals surface area contributed by atoms with E-state index in [1.165, 1.54) is 26.4 Å². The van der Waals surface area contributed by atoms with E-state index in [9.17, 15) is 23.9 Å². The molecule has 0 aliphatic rings. The van der Waals surface area contributed by atoms with Crippen molar-refractivity contribution < 1.29 is 43.6 Å². The van der Waals surface area contributed by atoms with E-state index in [-0.39, 0.29) is 29.7 Å². The lowest BCUT2D eigenvalue weighted by Gasteiger charge is -2.13. The van der Waals surface area contributed by atoms with E-state index in [0.29, 0.717) is 20.3 Å². The lowest BCUT2D eigenvalue weighted by atomic mass is 10.0. The van der Waals surface area contributed by atoms with Gasteiger partial charge in [0.1, 0.15) is 11.4 Å². The molecule has 8 nitrogen and oxygen atoms in total. The molecule has 0 heterocycles. The van der Waals surface area contributed by atoms with Gasteiger partial charge in [-0.2, -0.15) is 0 Å². The molecule has 2 aromatic carbocycles. The van der Waals surface area contributed by atoms with Crippen molar-refractivity contribution in [2.45, 2.75) is 12.8 Å². The number of aromatic carboxylic acids is 2. The molecule has 0 bridgehead atoms. The van der Waals surface area contributed by atoms with E-state index < -0.39 is 23.7 Å². The molecular formula is C19H17Br2FO8. The maximum Gasteiger partial charge on any atom is 0.339 e. The third-order valence-corrected chi connectivity index (χ3v) is 5.54. The van der Waals surface area contributed by atoms with E-state index in [4.69, 9.17) is 19.7 Å². The molecular weight excluding hydrogens is 535 g/mol. The van der Waals surface area contributed by atoms with Crippen LogP contribution in [-0.2, 0) is 11.2 Å². The van der Waals surface area contributed by atoms with Crippen molar-refractivity contribution >= 4 is 49.8 Å². The first-order chi connectivity index (χ1) is 14.0. The summed E-state index contributed by atoms with van der Waals surface area (Å²) in [6.45, 7) is 0. The van der Waals surface area contributed by atoms with Gasteiger partial charge in [-0.3, -0.25) is 4.79 Å². The fourth-order valence-electron chi connectivity index (χ4n) is 2.34. The summed E-state index contributed by atoms with van der Waals surface area (Å²) in [7, 11) is 2.74. The topological polar surface area (TPSA) is 130 Å². The number of hydrogen-bond acceptors (Lipinski definition) is 5. The van der Waals surface area contributed by atoms with Crippen LogP contribution in [0.5, 0.6) is 11.5 Å². The number of benzene rings is 2. The molecule has 2 rings (SSSR count). The zero-order valence-corrected chi connectivity index (χ0v) is 18.9. The van der Waals surface area contributed by atoms with Gasteiger partial charge in [-0.05, 0) is 62.0 Å². The number of rotatable bonds is 7. The number of carboxylic acids is 3. The zero-order chi connectivity index (χ0) is 23.0. The standard InChI is InChI=1S/C12H14O6.C7H3Br2FO2/c1-17-8-5-3-7(4-6-9(13)14)10(12(15)16)11(8)18-2;8-4-1-3(7(11)12)6(10)2-5(4)9/h3,5H,4,6H2,1-2H3,(H,13,14)(H,15,16);1-2H,(H,11,12). The van der Waals surface area contributed by atoms with Crippen LogP contribution in [0, 0.1) is 5.82 Å². The average molecular weight is 552 g/mol. The van der Waals surface area contributed by atoms with Gasteiger partial charge in [0.25, 0.3) is 0 Å². The van der Waals surface area contributed by atoms with Crippen LogP contribution in [0.3, 0.4) is 0 Å². The Morgan fingerprint density at radius 1 is 0.967 bits per heavy atom. The molecule has 0 atom stereocenters. The normalized spacial score (nSPS) is 9.90. The summed E-state index contributed by atoms with van der Waals surface area (Å²) < 4.78 is 23.9. The number of halogens is 3. The fraction of sp³-hybridized carbons (Fsp3) is 0.211. The molecule has 0 radical (unpaired) electrons. The van der Waals surface area contributed by atoms with Crippen LogP contribution < -0.4 is 9.47 Å². The Bertz CT molecular complexity index is 962. The van der Waals surface area contributed by atoms with E-state index in [1.54, 1.807) is 6.07 Å². The van der Waals surface area contributed by atoms with E-state index in [2.05, 4.69) is 31.9 Å². The average Bonchev–Trinajstić information content (AvgIpc) is 2.68. The second-order valence-electron chi connectivity index (χ2n) is 5.59. The van der Waals surface area contributed by atoms with Crippen molar-refractivity contribution in [3.63, 3.8) is 0 Å². The van der Waals surface area contributed by atoms with E-state index in [0.717, 1.165) is 6.07 Å². The van der Waals surface area contributed by atoms with Crippen molar-refractivity contribution in [3.8, 4) is 11.5 Å². The number of aliphatic carboxylic acids is 1. The van der Waals surface area contributed by atoms with Crippen molar-refractivity contribution in [2.24, 2.45) is 0 Å². The molecule has 0 spiro atoms. The maximum atomic E-state index is 12.8. The Kier molecular flexibility index (Phi) is 9.73. The summed E-state index contributed by atoms with van der Waals surface area (Å²) in [6.07, 6.45) is -0.0207. The van der Waals surface area contributed by atoms with Crippen LogP contribution in [0.15, 0.2) is 33.2 Å². The molecule has 3 N–H and O–H groups in total. The molecule has 2 aromatic rings. The molecule has 0 amide bonds. The summed E-state index contributed by atoms with van der Waals surface area (Å²) in [5, 5.41) is 26.3.